The fraction of sp³-hybridized carbons (Fsp3) is 0.647. The van der Waals surface area contributed by atoms with Crippen LogP contribution in [0.25, 0.3) is 0 Å². The number of aromatic nitrogens is 4. The van der Waals surface area contributed by atoms with Gasteiger partial charge in [0.1, 0.15) is 0 Å². The number of amides is 1. The van der Waals surface area contributed by atoms with Crippen molar-refractivity contribution in [2.45, 2.75) is 39.0 Å². The molecule has 2 aromatic heterocycles. The quantitative estimate of drug-likeness (QED) is 0.754. The van der Waals surface area contributed by atoms with Gasteiger partial charge in [0.2, 0.25) is 11.8 Å². The number of carbonyl (C=O) groups excluding carboxylic acids is 1. The second-order valence-electron chi connectivity index (χ2n) is 6.45. The lowest BCUT2D eigenvalue weighted by molar-refractivity contribution is -0.131. The topological polar surface area (TPSA) is 80.3 Å². The van der Waals surface area contributed by atoms with Crippen molar-refractivity contribution in [2.75, 3.05) is 31.1 Å². The molecular formula is C17H26N6O2. The number of aryl methyl sites for hydroxylation is 3. The summed E-state index contributed by atoms with van der Waals surface area (Å²) in [5, 5.41) is 8.14. The van der Waals surface area contributed by atoms with Gasteiger partial charge in [0.25, 0.3) is 0 Å². The van der Waals surface area contributed by atoms with Gasteiger partial charge in [0.05, 0.1) is 11.9 Å². The molecule has 136 valence electrons. The van der Waals surface area contributed by atoms with Crippen molar-refractivity contribution < 1.29 is 9.32 Å². The predicted octanol–water partition coefficient (Wildman–Crippen LogP) is 1.43. The Morgan fingerprint density at radius 1 is 1.24 bits per heavy atom. The van der Waals surface area contributed by atoms with Crippen LogP contribution in [-0.4, -0.2) is 56.9 Å². The normalized spacial score (nSPS) is 15.0. The van der Waals surface area contributed by atoms with Gasteiger partial charge in [0.15, 0.2) is 5.82 Å². The number of piperazine rings is 1. The van der Waals surface area contributed by atoms with Crippen molar-refractivity contribution in [3.8, 4) is 0 Å². The molecule has 0 aliphatic carbocycles. The summed E-state index contributed by atoms with van der Waals surface area (Å²) in [5.41, 5.74) is 1.12. The van der Waals surface area contributed by atoms with Crippen LogP contribution in [-0.2, 0) is 24.7 Å². The maximum absolute atomic E-state index is 12.4. The summed E-state index contributed by atoms with van der Waals surface area (Å²) in [5.74, 6) is 1.60. The van der Waals surface area contributed by atoms with Crippen LogP contribution in [0.5, 0.6) is 0 Å². The van der Waals surface area contributed by atoms with Crippen molar-refractivity contribution in [1.29, 1.82) is 0 Å². The molecule has 3 heterocycles. The van der Waals surface area contributed by atoms with Crippen molar-refractivity contribution in [3.63, 3.8) is 0 Å². The molecule has 1 fully saturated rings. The van der Waals surface area contributed by atoms with Gasteiger partial charge in [-0.25, -0.2) is 0 Å². The molecule has 0 N–H and O–H groups in total. The zero-order chi connectivity index (χ0) is 17.6. The second kappa shape index (κ2) is 8.13. The summed E-state index contributed by atoms with van der Waals surface area (Å²) in [6.07, 6.45) is 7.65. The highest BCUT2D eigenvalue weighted by atomic mass is 16.5. The van der Waals surface area contributed by atoms with Gasteiger partial charge in [-0.1, -0.05) is 12.1 Å². The molecule has 0 atom stereocenters. The molecular weight excluding hydrogens is 320 g/mol. The van der Waals surface area contributed by atoms with Gasteiger partial charge in [-0.2, -0.15) is 10.1 Å². The fourth-order valence-corrected chi connectivity index (χ4v) is 3.05. The first-order chi connectivity index (χ1) is 12.2. The molecule has 8 nitrogen and oxygen atoms in total. The van der Waals surface area contributed by atoms with Crippen LogP contribution in [0, 0.1) is 0 Å². The minimum atomic E-state index is 0.208. The molecule has 3 rings (SSSR count). The highest BCUT2D eigenvalue weighted by Crippen LogP contribution is 2.15. The number of carbonyl (C=O) groups is 1. The number of hydrogen-bond donors (Lipinski definition) is 0. The zero-order valence-corrected chi connectivity index (χ0v) is 15.0. The summed E-state index contributed by atoms with van der Waals surface area (Å²) in [6.45, 7) is 5.30. The molecule has 1 aliphatic heterocycles. The lowest BCUT2D eigenvalue weighted by Gasteiger charge is -2.35. The molecule has 1 amide bonds. The number of nitrogens with zero attached hydrogens (tertiary/aromatic N) is 6. The van der Waals surface area contributed by atoms with E-state index in [2.05, 4.69) is 27.1 Å². The van der Waals surface area contributed by atoms with E-state index in [-0.39, 0.29) is 5.91 Å². The zero-order valence-electron chi connectivity index (χ0n) is 15.0. The first-order valence-electron chi connectivity index (χ1n) is 8.98. The number of hydrogen-bond acceptors (Lipinski definition) is 6. The molecule has 0 saturated carbocycles. The van der Waals surface area contributed by atoms with Crippen LogP contribution in [0.3, 0.4) is 0 Å². The Kier molecular flexibility index (Phi) is 5.67. The second-order valence-corrected chi connectivity index (χ2v) is 6.45. The Bertz CT molecular complexity index is 687. The van der Waals surface area contributed by atoms with Gasteiger partial charge in [-0.05, 0) is 12.8 Å². The van der Waals surface area contributed by atoms with Crippen molar-refractivity contribution in [2.24, 2.45) is 7.05 Å². The van der Waals surface area contributed by atoms with Crippen LogP contribution in [0.4, 0.5) is 5.69 Å². The van der Waals surface area contributed by atoms with Crippen molar-refractivity contribution in [1.82, 2.24) is 24.8 Å². The summed E-state index contributed by atoms with van der Waals surface area (Å²) in [6, 6.07) is 0. The highest BCUT2D eigenvalue weighted by molar-refractivity contribution is 5.76. The summed E-state index contributed by atoms with van der Waals surface area (Å²) in [4.78, 5) is 20.9. The monoisotopic (exact) mass is 346 g/mol. The lowest BCUT2D eigenvalue weighted by atomic mass is 10.2. The Morgan fingerprint density at radius 2 is 2.04 bits per heavy atom. The van der Waals surface area contributed by atoms with Gasteiger partial charge < -0.3 is 14.3 Å². The SMILES string of the molecule is CCCc1noc(CCCC(=O)N2CCN(c3cnn(C)c3)CC2)n1. The molecule has 0 radical (unpaired) electrons. The van der Waals surface area contributed by atoms with E-state index in [0.717, 1.165) is 57.0 Å². The van der Waals surface area contributed by atoms with Crippen LogP contribution >= 0.6 is 0 Å². The van der Waals surface area contributed by atoms with Crippen LogP contribution < -0.4 is 4.90 Å². The van der Waals surface area contributed by atoms with Gasteiger partial charge in [-0.3, -0.25) is 9.48 Å². The van der Waals surface area contributed by atoms with E-state index in [0.29, 0.717) is 18.7 Å². The van der Waals surface area contributed by atoms with E-state index in [1.54, 1.807) is 4.68 Å². The third-order valence-electron chi connectivity index (χ3n) is 4.45. The predicted molar refractivity (Wildman–Crippen MR) is 93.2 cm³/mol. The van der Waals surface area contributed by atoms with Crippen molar-refractivity contribution >= 4 is 11.6 Å². The van der Waals surface area contributed by atoms with Crippen LogP contribution in [0.2, 0.25) is 0 Å². The maximum atomic E-state index is 12.4. The molecule has 25 heavy (non-hydrogen) atoms. The average Bonchev–Trinajstić information content (AvgIpc) is 3.24. The van der Waals surface area contributed by atoms with E-state index < -0.39 is 0 Å². The highest BCUT2D eigenvalue weighted by Gasteiger charge is 2.21. The third-order valence-corrected chi connectivity index (χ3v) is 4.45. The standard InChI is InChI=1S/C17H26N6O2/c1-3-5-15-19-16(25-20-15)6-4-7-17(24)23-10-8-22(9-11-23)14-12-18-21(2)13-14/h12-13H,3-11H2,1-2H3. The molecule has 1 aliphatic rings. The molecule has 0 bridgehead atoms. The molecule has 2 aromatic rings. The maximum Gasteiger partial charge on any atom is 0.226 e. The minimum absolute atomic E-state index is 0.208. The van der Waals surface area contributed by atoms with Gasteiger partial charge in [-0.15, -0.1) is 0 Å². The Hall–Kier alpha value is -2.38. The minimum Gasteiger partial charge on any atom is -0.365 e. The van der Waals surface area contributed by atoms with E-state index in [4.69, 9.17) is 4.52 Å². The molecule has 0 spiro atoms. The van der Waals surface area contributed by atoms with E-state index >= 15 is 0 Å². The Labute approximate surface area is 147 Å². The number of anilines is 1. The Balaban J connectivity index is 1.39. The molecule has 0 aromatic carbocycles. The largest absolute Gasteiger partial charge is 0.365 e. The Morgan fingerprint density at radius 3 is 2.72 bits per heavy atom. The lowest BCUT2D eigenvalue weighted by Crippen LogP contribution is -2.48. The van der Waals surface area contributed by atoms with Crippen LogP contribution in [0.1, 0.15) is 37.9 Å². The van der Waals surface area contributed by atoms with E-state index in [1.807, 2.05) is 24.3 Å². The summed E-state index contributed by atoms with van der Waals surface area (Å²) >= 11 is 0. The van der Waals surface area contributed by atoms with E-state index in [1.165, 1.54) is 0 Å². The summed E-state index contributed by atoms with van der Waals surface area (Å²) < 4.78 is 7.01. The third kappa shape index (κ3) is 4.58. The first-order valence-corrected chi connectivity index (χ1v) is 8.98. The van der Waals surface area contributed by atoms with Gasteiger partial charge in [0, 0.05) is 58.7 Å². The summed E-state index contributed by atoms with van der Waals surface area (Å²) in [7, 11) is 1.91. The average molecular weight is 346 g/mol. The molecule has 1 saturated heterocycles. The smallest absolute Gasteiger partial charge is 0.226 e. The molecule has 8 heteroatoms. The first kappa shape index (κ1) is 17.4. The van der Waals surface area contributed by atoms with Crippen LogP contribution in [0.15, 0.2) is 16.9 Å². The van der Waals surface area contributed by atoms with Gasteiger partial charge >= 0.3 is 0 Å². The van der Waals surface area contributed by atoms with Crippen molar-refractivity contribution in [3.05, 3.63) is 24.1 Å². The molecule has 0 unspecified atom stereocenters. The number of rotatable bonds is 7. The van der Waals surface area contributed by atoms with E-state index in [9.17, 15) is 4.79 Å². The fourth-order valence-electron chi connectivity index (χ4n) is 3.05.